The lowest BCUT2D eigenvalue weighted by Crippen LogP contribution is -2.45. The van der Waals surface area contributed by atoms with Crippen molar-refractivity contribution in [1.82, 2.24) is 10.2 Å². The molecular weight excluding hydrogens is 471 g/mol. The fourth-order valence-electron chi connectivity index (χ4n) is 2.68. The molecule has 22 heavy (non-hydrogen) atoms. The third-order valence-corrected chi connectivity index (χ3v) is 5.37. The molecule has 0 saturated carbocycles. The first-order chi connectivity index (χ1) is 9.74. The molecule has 1 aliphatic heterocycles. The molecule has 0 amide bonds. The van der Waals surface area contributed by atoms with Gasteiger partial charge in [-0.15, -0.1) is 36.2 Å². The summed E-state index contributed by atoms with van der Waals surface area (Å²) in [6.07, 6.45) is 0. The molecule has 1 aromatic heterocycles. The van der Waals surface area contributed by atoms with Crippen molar-refractivity contribution >= 4 is 68.0 Å². The highest BCUT2D eigenvalue weighted by atomic mass is 79.9. The van der Waals surface area contributed by atoms with Gasteiger partial charge in [0.1, 0.15) is 0 Å². The Labute approximate surface area is 164 Å². The van der Waals surface area contributed by atoms with Crippen molar-refractivity contribution in [2.75, 3.05) is 26.2 Å². The number of nitrogens with zero attached hydrogens (tertiary/aromatic N) is 1. The molecule has 0 spiro atoms. The largest absolute Gasteiger partial charge is 0.314 e. The summed E-state index contributed by atoms with van der Waals surface area (Å²) in [6.45, 7) is 4.31. The lowest BCUT2D eigenvalue weighted by atomic mass is 10.0. The minimum atomic E-state index is 0. The fourth-order valence-corrected chi connectivity index (χ4v) is 4.89. The summed E-state index contributed by atoms with van der Waals surface area (Å²) in [5.41, 5.74) is 1.34. The highest BCUT2D eigenvalue weighted by Crippen LogP contribution is 2.34. The second-order valence-corrected chi connectivity index (χ2v) is 7.72. The lowest BCUT2D eigenvalue weighted by Gasteiger charge is -2.35. The topological polar surface area (TPSA) is 15.3 Å². The van der Waals surface area contributed by atoms with Gasteiger partial charge in [0, 0.05) is 40.0 Å². The summed E-state index contributed by atoms with van der Waals surface area (Å²) in [7, 11) is 0. The van der Waals surface area contributed by atoms with Gasteiger partial charge in [0.15, 0.2) is 0 Å². The second-order valence-electron chi connectivity index (χ2n) is 4.91. The van der Waals surface area contributed by atoms with E-state index in [2.05, 4.69) is 77.8 Å². The molecular formula is C15H18Br2Cl2N2S. The number of hydrogen-bond donors (Lipinski definition) is 1. The number of benzene rings is 1. The van der Waals surface area contributed by atoms with E-state index >= 15 is 0 Å². The smallest absolute Gasteiger partial charge is 0.0697 e. The minimum absolute atomic E-state index is 0. The molecule has 0 aliphatic carbocycles. The SMILES string of the molecule is Brc1cc(Br)cc([C@H](c2cccs2)N2CCNCC2)c1.Cl.Cl. The molecule has 1 atom stereocenters. The van der Waals surface area contributed by atoms with Gasteiger partial charge in [0.25, 0.3) is 0 Å². The van der Waals surface area contributed by atoms with Crippen molar-refractivity contribution in [2.45, 2.75) is 6.04 Å². The Morgan fingerprint density at radius 2 is 1.68 bits per heavy atom. The van der Waals surface area contributed by atoms with Gasteiger partial charge in [-0.05, 0) is 35.2 Å². The van der Waals surface area contributed by atoms with E-state index in [9.17, 15) is 0 Å². The van der Waals surface area contributed by atoms with Crippen LogP contribution in [0.4, 0.5) is 0 Å². The zero-order valence-corrected chi connectivity index (χ0v) is 17.4. The molecule has 122 valence electrons. The van der Waals surface area contributed by atoms with Crippen molar-refractivity contribution in [3.63, 3.8) is 0 Å². The summed E-state index contributed by atoms with van der Waals surface area (Å²) >= 11 is 9.06. The monoisotopic (exact) mass is 486 g/mol. The number of hydrogen-bond acceptors (Lipinski definition) is 3. The molecule has 7 heteroatoms. The molecule has 1 saturated heterocycles. The first-order valence-corrected chi connectivity index (χ1v) is 9.15. The van der Waals surface area contributed by atoms with Gasteiger partial charge in [-0.3, -0.25) is 4.90 Å². The zero-order chi connectivity index (χ0) is 13.9. The van der Waals surface area contributed by atoms with Crippen LogP contribution in [0.15, 0.2) is 44.7 Å². The average Bonchev–Trinajstić information content (AvgIpc) is 2.93. The summed E-state index contributed by atoms with van der Waals surface area (Å²) in [4.78, 5) is 3.98. The molecule has 2 aromatic rings. The van der Waals surface area contributed by atoms with E-state index in [4.69, 9.17) is 0 Å². The van der Waals surface area contributed by atoms with Crippen LogP contribution in [0.3, 0.4) is 0 Å². The van der Waals surface area contributed by atoms with Crippen LogP contribution >= 0.6 is 68.0 Å². The maximum absolute atomic E-state index is 3.61. The summed E-state index contributed by atoms with van der Waals surface area (Å²) in [5, 5.41) is 5.60. The molecule has 0 radical (unpaired) electrons. The number of rotatable bonds is 3. The minimum Gasteiger partial charge on any atom is -0.314 e. The first-order valence-electron chi connectivity index (χ1n) is 6.68. The van der Waals surface area contributed by atoms with Crippen LogP contribution in [0.1, 0.15) is 16.5 Å². The first kappa shape index (κ1) is 20.4. The van der Waals surface area contributed by atoms with E-state index in [-0.39, 0.29) is 24.8 Å². The zero-order valence-electron chi connectivity index (χ0n) is 11.8. The standard InChI is InChI=1S/C15H16Br2N2S.2ClH/c16-12-8-11(9-13(17)10-12)15(14-2-1-7-20-14)19-5-3-18-4-6-19;;/h1-2,7-10,15,18H,3-6H2;2*1H/t15-;;/m1../s1. The van der Waals surface area contributed by atoms with Gasteiger partial charge in [-0.2, -0.15) is 0 Å². The van der Waals surface area contributed by atoms with E-state index < -0.39 is 0 Å². The van der Waals surface area contributed by atoms with Gasteiger partial charge in [0.2, 0.25) is 0 Å². The lowest BCUT2D eigenvalue weighted by molar-refractivity contribution is 0.200. The van der Waals surface area contributed by atoms with Gasteiger partial charge < -0.3 is 5.32 Å². The molecule has 1 fully saturated rings. The predicted octanol–water partition coefficient (Wildman–Crippen LogP) is 5.11. The average molecular weight is 489 g/mol. The Morgan fingerprint density at radius 1 is 1.05 bits per heavy atom. The Hall–Kier alpha value is 0.380. The van der Waals surface area contributed by atoms with Crippen molar-refractivity contribution < 1.29 is 0 Å². The highest BCUT2D eigenvalue weighted by molar-refractivity contribution is 9.11. The molecule has 1 aromatic carbocycles. The maximum atomic E-state index is 3.61. The Morgan fingerprint density at radius 3 is 2.23 bits per heavy atom. The molecule has 0 unspecified atom stereocenters. The normalized spacial score (nSPS) is 16.5. The van der Waals surface area contributed by atoms with Crippen molar-refractivity contribution in [3.05, 3.63) is 55.1 Å². The summed E-state index contributed by atoms with van der Waals surface area (Å²) in [6, 6.07) is 11.3. The number of piperazine rings is 1. The van der Waals surface area contributed by atoms with Crippen LogP contribution in [0.25, 0.3) is 0 Å². The van der Waals surface area contributed by atoms with Crippen molar-refractivity contribution in [3.8, 4) is 0 Å². The molecule has 0 bridgehead atoms. The van der Waals surface area contributed by atoms with E-state index in [1.54, 1.807) is 0 Å². The Balaban J connectivity index is 0.00000121. The predicted molar refractivity (Wildman–Crippen MR) is 107 cm³/mol. The Kier molecular flexibility index (Phi) is 8.93. The molecule has 3 rings (SSSR count). The van der Waals surface area contributed by atoms with Gasteiger partial charge in [0.05, 0.1) is 6.04 Å². The van der Waals surface area contributed by atoms with Crippen LogP contribution in [-0.4, -0.2) is 31.1 Å². The van der Waals surface area contributed by atoms with Crippen molar-refractivity contribution in [2.24, 2.45) is 0 Å². The summed E-state index contributed by atoms with van der Waals surface area (Å²) in [5.74, 6) is 0. The van der Waals surface area contributed by atoms with E-state index in [0.29, 0.717) is 6.04 Å². The van der Waals surface area contributed by atoms with Gasteiger partial charge >= 0.3 is 0 Å². The molecule has 1 aliphatic rings. The van der Waals surface area contributed by atoms with E-state index in [0.717, 1.165) is 35.1 Å². The second kappa shape index (κ2) is 9.62. The fraction of sp³-hybridized carbons (Fsp3) is 0.333. The van der Waals surface area contributed by atoms with Crippen molar-refractivity contribution in [1.29, 1.82) is 0 Å². The van der Waals surface area contributed by atoms with Gasteiger partial charge in [-0.1, -0.05) is 37.9 Å². The highest BCUT2D eigenvalue weighted by Gasteiger charge is 2.25. The molecule has 2 heterocycles. The van der Waals surface area contributed by atoms with Crippen LogP contribution < -0.4 is 5.32 Å². The van der Waals surface area contributed by atoms with Gasteiger partial charge in [-0.25, -0.2) is 0 Å². The maximum Gasteiger partial charge on any atom is 0.0697 e. The third-order valence-electron chi connectivity index (χ3n) is 3.53. The van der Waals surface area contributed by atoms with Crippen LogP contribution in [-0.2, 0) is 0 Å². The van der Waals surface area contributed by atoms with Crippen LogP contribution in [0.5, 0.6) is 0 Å². The molecule has 2 nitrogen and oxygen atoms in total. The van der Waals surface area contributed by atoms with E-state index in [1.807, 2.05) is 11.3 Å². The summed E-state index contributed by atoms with van der Waals surface area (Å²) < 4.78 is 2.25. The molecule has 1 N–H and O–H groups in total. The Bertz CT molecular complexity index is 555. The van der Waals surface area contributed by atoms with E-state index in [1.165, 1.54) is 10.4 Å². The number of halogens is 4. The quantitative estimate of drug-likeness (QED) is 0.645. The third kappa shape index (κ3) is 4.94. The number of thiophene rings is 1. The van der Waals surface area contributed by atoms with Crippen LogP contribution in [0.2, 0.25) is 0 Å². The number of nitrogens with one attached hydrogen (secondary N) is 1. The van der Waals surface area contributed by atoms with Crippen LogP contribution in [0, 0.1) is 0 Å².